The van der Waals surface area contributed by atoms with Crippen molar-refractivity contribution in [2.24, 2.45) is 5.16 Å². The van der Waals surface area contributed by atoms with Gasteiger partial charge in [-0.05, 0) is 42.8 Å². The predicted octanol–water partition coefficient (Wildman–Crippen LogP) is 4.73. The Morgan fingerprint density at radius 3 is 2.41 bits per heavy atom. The highest BCUT2D eigenvalue weighted by Gasteiger charge is 2.32. The molecular formula is C21H20F3N3O4S. The Morgan fingerprint density at radius 2 is 1.81 bits per heavy atom. The second-order valence-electron chi connectivity index (χ2n) is 7.07. The number of oxime groups is 1. The number of ether oxygens (including phenoxy) is 1. The van der Waals surface area contributed by atoms with Gasteiger partial charge in [0.05, 0.1) is 17.2 Å². The van der Waals surface area contributed by atoms with Gasteiger partial charge in [0.2, 0.25) is 10.0 Å². The van der Waals surface area contributed by atoms with E-state index in [0.29, 0.717) is 24.2 Å². The van der Waals surface area contributed by atoms with Gasteiger partial charge in [0.25, 0.3) is 0 Å². The predicted molar refractivity (Wildman–Crippen MR) is 111 cm³/mol. The number of piperidine rings is 1. The van der Waals surface area contributed by atoms with E-state index in [-0.39, 0.29) is 24.1 Å². The molecule has 11 heteroatoms. The summed E-state index contributed by atoms with van der Waals surface area (Å²) < 4.78 is 67.4. The molecule has 2 aromatic rings. The van der Waals surface area contributed by atoms with Gasteiger partial charge in [0.1, 0.15) is 11.9 Å². The van der Waals surface area contributed by atoms with E-state index >= 15 is 0 Å². The molecule has 7 nitrogen and oxygen atoms in total. The molecule has 2 aromatic carbocycles. The van der Waals surface area contributed by atoms with Crippen LogP contribution in [0.4, 0.5) is 18.9 Å². The molecule has 170 valence electrons. The smallest absolute Gasteiger partial charge is 0.406 e. The third-order valence-electron chi connectivity index (χ3n) is 4.83. The third kappa shape index (κ3) is 5.99. The molecule has 0 saturated carbocycles. The highest BCUT2D eigenvalue weighted by Crippen LogP contribution is 2.27. The van der Waals surface area contributed by atoms with Crippen molar-refractivity contribution in [2.45, 2.75) is 37.1 Å². The fourth-order valence-corrected chi connectivity index (χ4v) is 4.62. The first kappa shape index (κ1) is 23.6. The molecule has 1 heterocycles. The summed E-state index contributed by atoms with van der Waals surface area (Å²) >= 11 is 0. The molecule has 3 rings (SSSR count). The first-order chi connectivity index (χ1) is 15.1. The maximum Gasteiger partial charge on any atom is 0.573 e. The second kappa shape index (κ2) is 9.58. The quantitative estimate of drug-likeness (QED) is 0.350. The van der Waals surface area contributed by atoms with E-state index < -0.39 is 22.1 Å². The molecule has 0 aliphatic carbocycles. The van der Waals surface area contributed by atoms with Crippen molar-refractivity contribution >= 4 is 21.4 Å². The number of hydrogen-bond donors (Lipinski definition) is 0. The van der Waals surface area contributed by atoms with Crippen LogP contribution in [0.2, 0.25) is 0 Å². The van der Waals surface area contributed by atoms with Crippen LogP contribution in [0.3, 0.4) is 0 Å². The minimum atomic E-state index is -4.84. The Hall–Kier alpha value is -3.10. The molecule has 1 saturated heterocycles. The fourth-order valence-electron chi connectivity index (χ4n) is 3.15. The number of sulfonamides is 1. The van der Waals surface area contributed by atoms with Crippen molar-refractivity contribution in [2.75, 3.05) is 13.1 Å². The summed E-state index contributed by atoms with van der Waals surface area (Å²) in [5.74, 6) is -0.487. The van der Waals surface area contributed by atoms with E-state index in [1.807, 2.05) is 6.07 Å². The van der Waals surface area contributed by atoms with Crippen LogP contribution in [-0.2, 0) is 14.9 Å². The lowest BCUT2D eigenvalue weighted by Crippen LogP contribution is -2.40. The molecule has 0 atom stereocenters. The Labute approximate surface area is 183 Å². The van der Waals surface area contributed by atoms with Crippen LogP contribution in [0.25, 0.3) is 4.85 Å². The zero-order valence-corrected chi connectivity index (χ0v) is 17.9. The summed E-state index contributed by atoms with van der Waals surface area (Å²) in [5.41, 5.74) is 1.86. The molecule has 0 spiro atoms. The summed E-state index contributed by atoms with van der Waals surface area (Å²) in [5, 5.41) is 4.12. The van der Waals surface area contributed by atoms with E-state index in [9.17, 15) is 21.6 Å². The van der Waals surface area contributed by atoms with Gasteiger partial charge >= 0.3 is 6.36 Å². The first-order valence-corrected chi connectivity index (χ1v) is 11.1. The number of halogens is 3. The van der Waals surface area contributed by atoms with Gasteiger partial charge in [-0.2, -0.15) is 4.31 Å². The number of benzene rings is 2. The molecule has 1 fully saturated rings. The molecule has 32 heavy (non-hydrogen) atoms. The van der Waals surface area contributed by atoms with Crippen LogP contribution in [-0.4, -0.2) is 44.0 Å². The van der Waals surface area contributed by atoms with Crippen LogP contribution in [0.15, 0.2) is 58.6 Å². The zero-order valence-electron chi connectivity index (χ0n) is 17.0. The van der Waals surface area contributed by atoms with E-state index in [4.69, 9.17) is 11.4 Å². The van der Waals surface area contributed by atoms with Crippen molar-refractivity contribution in [1.29, 1.82) is 0 Å². The fraction of sp³-hybridized carbons (Fsp3) is 0.333. The molecule has 1 aliphatic rings. The summed E-state index contributed by atoms with van der Waals surface area (Å²) in [4.78, 5) is 8.83. The molecule has 0 unspecified atom stereocenters. The molecular weight excluding hydrogens is 447 g/mol. The standard InChI is InChI=1S/C21H20F3N3O4S/c1-15(16-4-3-5-17(14-16)25-2)26-31-19-10-12-27(13-11-19)32(28,29)20-8-6-18(7-9-20)30-21(22,23)24/h3-9,14,19H,10-13H2,1H3/b26-15-. The molecule has 0 aromatic heterocycles. The van der Waals surface area contributed by atoms with Gasteiger partial charge < -0.3 is 9.57 Å². The SMILES string of the molecule is [C-]#[N+]c1cccc(/C(C)=N\OC2CCN(S(=O)(=O)c3ccc(OC(F)(F)F)cc3)CC2)c1. The summed E-state index contributed by atoms with van der Waals surface area (Å²) in [6.45, 7) is 9.21. The molecule has 0 amide bonds. The Balaban J connectivity index is 1.58. The highest BCUT2D eigenvalue weighted by molar-refractivity contribution is 7.89. The zero-order chi connectivity index (χ0) is 23.4. The normalized spacial score (nSPS) is 16.4. The minimum Gasteiger partial charge on any atom is -0.406 e. The average molecular weight is 467 g/mol. The Morgan fingerprint density at radius 1 is 1.16 bits per heavy atom. The third-order valence-corrected chi connectivity index (χ3v) is 6.74. The molecule has 0 radical (unpaired) electrons. The topological polar surface area (TPSA) is 72.6 Å². The monoisotopic (exact) mass is 467 g/mol. The first-order valence-electron chi connectivity index (χ1n) is 9.63. The van der Waals surface area contributed by atoms with E-state index in [0.717, 1.165) is 29.8 Å². The number of hydrogen-bond acceptors (Lipinski definition) is 5. The summed E-state index contributed by atoms with van der Waals surface area (Å²) in [6.07, 6.45) is -4.30. The lowest BCUT2D eigenvalue weighted by molar-refractivity contribution is -0.274. The second-order valence-corrected chi connectivity index (χ2v) is 9.00. The van der Waals surface area contributed by atoms with Crippen molar-refractivity contribution in [1.82, 2.24) is 4.31 Å². The van der Waals surface area contributed by atoms with Crippen LogP contribution in [0.1, 0.15) is 25.3 Å². The lowest BCUT2D eigenvalue weighted by atomic mass is 10.1. The number of nitrogens with zero attached hydrogens (tertiary/aromatic N) is 3. The Kier molecular flexibility index (Phi) is 7.06. The maximum atomic E-state index is 12.8. The number of alkyl halides is 3. The van der Waals surface area contributed by atoms with Crippen LogP contribution in [0.5, 0.6) is 5.75 Å². The molecule has 0 bridgehead atoms. The van der Waals surface area contributed by atoms with Gasteiger partial charge in [-0.1, -0.05) is 23.4 Å². The summed E-state index contributed by atoms with van der Waals surface area (Å²) in [7, 11) is -3.85. The van der Waals surface area contributed by atoms with Crippen LogP contribution >= 0.6 is 0 Å². The van der Waals surface area contributed by atoms with Crippen LogP contribution < -0.4 is 4.74 Å². The Bertz CT molecular complexity index is 1120. The largest absolute Gasteiger partial charge is 0.573 e. The van der Waals surface area contributed by atoms with E-state index in [1.165, 1.54) is 4.31 Å². The maximum absolute atomic E-state index is 12.8. The van der Waals surface area contributed by atoms with E-state index in [1.54, 1.807) is 25.1 Å². The van der Waals surface area contributed by atoms with Crippen molar-refractivity contribution in [3.8, 4) is 5.75 Å². The van der Waals surface area contributed by atoms with E-state index in [2.05, 4.69) is 14.7 Å². The molecule has 0 N–H and O–H groups in total. The van der Waals surface area contributed by atoms with Crippen molar-refractivity contribution in [3.63, 3.8) is 0 Å². The van der Waals surface area contributed by atoms with Crippen molar-refractivity contribution < 1.29 is 31.2 Å². The highest BCUT2D eigenvalue weighted by atomic mass is 32.2. The van der Waals surface area contributed by atoms with Crippen LogP contribution in [0, 0.1) is 6.57 Å². The van der Waals surface area contributed by atoms with Crippen molar-refractivity contribution in [3.05, 3.63) is 65.5 Å². The average Bonchev–Trinajstić information content (AvgIpc) is 2.77. The van der Waals surface area contributed by atoms with Gasteiger partial charge in [-0.25, -0.2) is 13.3 Å². The summed E-state index contributed by atoms with van der Waals surface area (Å²) in [6, 6.07) is 11.1. The van der Waals surface area contributed by atoms with Gasteiger partial charge in [-0.3, -0.25) is 0 Å². The number of rotatable bonds is 6. The van der Waals surface area contributed by atoms with Gasteiger partial charge in [-0.15, -0.1) is 13.2 Å². The van der Waals surface area contributed by atoms with Gasteiger partial charge in [0.15, 0.2) is 5.69 Å². The van der Waals surface area contributed by atoms with Gasteiger partial charge in [0, 0.05) is 25.9 Å². The minimum absolute atomic E-state index is 0.111. The lowest BCUT2D eigenvalue weighted by Gasteiger charge is -2.30. The molecule has 1 aliphatic heterocycles.